The molecule has 0 atom stereocenters. The summed E-state index contributed by atoms with van der Waals surface area (Å²) in [5.41, 5.74) is 3.79. The zero-order valence-corrected chi connectivity index (χ0v) is 55.9. The summed E-state index contributed by atoms with van der Waals surface area (Å²) in [6, 6.07) is 15.1. The first-order chi connectivity index (χ1) is 33.2. The summed E-state index contributed by atoms with van der Waals surface area (Å²) < 4.78 is 232. The third-order valence-electron chi connectivity index (χ3n) is 9.12. The van der Waals surface area contributed by atoms with Gasteiger partial charge in [0.2, 0.25) is 38.6 Å². The van der Waals surface area contributed by atoms with Gasteiger partial charge in [0.1, 0.15) is 41.7 Å². The summed E-state index contributed by atoms with van der Waals surface area (Å²) in [7, 11) is -34.7. The zero-order chi connectivity index (χ0) is 53.2. The zero-order valence-electron chi connectivity index (χ0n) is 40.2. The Hall–Kier alpha value is -1.46. The number of nitrogens with two attached hydrogens (primary N) is 1. The average Bonchev–Trinajstić information content (AvgIpc) is 3.24. The van der Waals surface area contributed by atoms with E-state index in [0.29, 0.717) is 12.1 Å². The summed E-state index contributed by atoms with van der Waals surface area (Å²) >= 11 is 0. The fraction of sp³-hybridized carbons (Fsp3) is 0.114. The van der Waals surface area contributed by atoms with Crippen LogP contribution >= 0.6 is 0 Å². The van der Waals surface area contributed by atoms with Crippen LogP contribution in [0.3, 0.4) is 0 Å². The van der Waals surface area contributed by atoms with Crippen molar-refractivity contribution in [2.24, 2.45) is 10.2 Å². The van der Waals surface area contributed by atoms with Crippen LogP contribution in [0, 0.1) is 0 Å². The Kier molecular flexibility index (Phi) is 27.9. The first-order valence-electron chi connectivity index (χ1n) is 18.9. The van der Waals surface area contributed by atoms with Crippen molar-refractivity contribution < 1.29 is 238 Å². The van der Waals surface area contributed by atoms with E-state index >= 15 is 0 Å². The topological polar surface area (TPSA) is 498 Å². The molecule has 0 saturated heterocycles. The maximum Gasteiger partial charge on any atom is 1.00 e. The van der Waals surface area contributed by atoms with Crippen molar-refractivity contribution in [3.05, 3.63) is 91.0 Å². The second kappa shape index (κ2) is 29.2. The number of hydrogen-bond donors (Lipinski definition) is 4. The Balaban J connectivity index is 0.00000593. The molecule has 0 aliphatic carbocycles. The number of rotatable bonds is 21. The molecule has 30 nitrogen and oxygen atoms in total. The summed E-state index contributed by atoms with van der Waals surface area (Å²) in [5.74, 6) is -2.83. The first-order valence-corrected chi connectivity index (χ1v) is 29.1. The van der Waals surface area contributed by atoms with Gasteiger partial charge in [0.15, 0.2) is 19.7 Å². The van der Waals surface area contributed by atoms with Crippen LogP contribution in [0.15, 0.2) is 126 Å². The first kappa shape index (κ1) is 73.6. The number of nitrogens with one attached hydrogen (secondary N) is 3. The van der Waals surface area contributed by atoms with Gasteiger partial charge in [0.25, 0.3) is 0 Å². The van der Waals surface area contributed by atoms with E-state index in [1.54, 1.807) is 0 Å². The molecule has 42 heteroatoms. The molecule has 6 rings (SSSR count). The summed E-state index contributed by atoms with van der Waals surface area (Å²) in [4.78, 5) is 9.03. The van der Waals surface area contributed by atoms with Crippen molar-refractivity contribution >= 4 is 134 Å². The number of nitrogens with zero attached hydrogens (tertiary/aromatic N) is 5. The van der Waals surface area contributed by atoms with Crippen molar-refractivity contribution in [1.82, 2.24) is 15.0 Å². The molecule has 5 aromatic carbocycles. The largest absolute Gasteiger partial charge is 1.00 e. The van der Waals surface area contributed by atoms with Crippen molar-refractivity contribution in [2.45, 2.75) is 24.5 Å². The van der Waals surface area contributed by atoms with Crippen LogP contribution < -0.4 is 169 Å². The molecule has 6 aromatic rings. The number of hydrogen-bond acceptors (Lipinski definition) is 30. The predicted molar refractivity (Wildman–Crippen MR) is 241 cm³/mol. The molecular weight excluding hydrogens is 1220 g/mol. The van der Waals surface area contributed by atoms with E-state index in [1.807, 2.05) is 0 Å². The molecule has 0 aliphatic rings. The molecule has 5 N–H and O–H groups in total. The fourth-order valence-electron chi connectivity index (χ4n) is 5.96. The van der Waals surface area contributed by atoms with Crippen molar-refractivity contribution in [3.63, 3.8) is 0 Å². The van der Waals surface area contributed by atoms with Gasteiger partial charge in [-0.15, -0.1) is 10.2 Å². The molecule has 0 saturated carbocycles. The Morgan fingerprint density at radius 2 is 0.844 bits per heavy atom. The summed E-state index contributed by atoms with van der Waals surface area (Å²) in [6.07, 6.45) is 0. The van der Waals surface area contributed by atoms with Gasteiger partial charge in [-0.25, -0.2) is 58.9 Å². The molecule has 0 spiro atoms. The molecule has 386 valence electrons. The third-order valence-corrected chi connectivity index (χ3v) is 16.0. The van der Waals surface area contributed by atoms with Crippen LogP contribution in [0.1, 0.15) is 0 Å². The van der Waals surface area contributed by atoms with Gasteiger partial charge in [0, 0.05) is 22.4 Å². The molecular formula is C35H28N9Na5O21S7. The third kappa shape index (κ3) is 21.4. The molecule has 77 heavy (non-hydrogen) atoms. The maximum absolute atomic E-state index is 12.7. The Bertz CT molecular complexity index is 3860. The van der Waals surface area contributed by atoms with Crippen LogP contribution in [-0.4, -0.2) is 121 Å². The van der Waals surface area contributed by atoms with E-state index in [0.717, 1.165) is 54.6 Å². The minimum atomic E-state index is -5.43. The maximum atomic E-state index is 12.7. The SMILES string of the molecule is Nc1c(S(=O)(=O)[O-])cc2cc(S(=O)(=O)[O-])ccc2c1N=Nc1cc(Nc2nc(Nc3ccc(S(=O)(=O)CCOS(=O)(=O)[O-])cc3)nc(Nc3ccc(S(=O)(=O)CCOS(=O)(=O)[O-])cc3)n2)ccc1S(=O)(=O)[O-].[Na+].[Na+].[Na+].[Na+].[Na+]. The van der Waals surface area contributed by atoms with Gasteiger partial charge >= 0.3 is 148 Å². The number of azo groups is 1. The molecule has 0 fully saturated rings. The number of nitrogen functional groups attached to an aromatic ring is 1. The van der Waals surface area contributed by atoms with Crippen LogP contribution in [0.5, 0.6) is 0 Å². The van der Waals surface area contributed by atoms with Gasteiger partial charge in [-0.3, -0.25) is 8.37 Å². The minimum Gasteiger partial charge on any atom is -0.744 e. The molecule has 0 aliphatic heterocycles. The second-order valence-electron chi connectivity index (χ2n) is 14.1. The predicted octanol–water partition coefficient (Wildman–Crippen LogP) is -13.5. The number of fused-ring (bicyclic) bond motifs is 1. The van der Waals surface area contributed by atoms with Crippen LogP contribution in [-0.2, 0) is 79.2 Å². The van der Waals surface area contributed by atoms with E-state index in [4.69, 9.17) is 5.73 Å². The van der Waals surface area contributed by atoms with Crippen LogP contribution in [0.25, 0.3) is 10.8 Å². The van der Waals surface area contributed by atoms with Crippen molar-refractivity contribution in [3.8, 4) is 0 Å². The van der Waals surface area contributed by atoms with Gasteiger partial charge in [0.05, 0.1) is 54.9 Å². The number of benzene rings is 5. The Labute approximate surface area is 550 Å². The normalized spacial score (nSPS) is 12.2. The number of anilines is 7. The average molecular weight is 1250 g/mol. The van der Waals surface area contributed by atoms with Crippen LogP contribution in [0.2, 0.25) is 0 Å². The molecule has 0 amide bonds. The van der Waals surface area contributed by atoms with Gasteiger partial charge in [-0.2, -0.15) is 15.0 Å². The second-order valence-corrected chi connectivity index (χ2v) is 24.5. The quantitative estimate of drug-likeness (QED) is 0.0171. The van der Waals surface area contributed by atoms with Crippen LogP contribution in [0.4, 0.5) is 52.0 Å². The minimum absolute atomic E-state index is 0. The molecule has 1 heterocycles. The van der Waals surface area contributed by atoms with E-state index in [-0.39, 0.29) is 197 Å². The van der Waals surface area contributed by atoms with Crippen molar-refractivity contribution in [2.75, 3.05) is 46.4 Å². The van der Waals surface area contributed by atoms with Crippen molar-refractivity contribution in [1.29, 1.82) is 0 Å². The fourth-order valence-corrected chi connectivity index (χ4v) is 10.7. The Morgan fingerprint density at radius 3 is 1.23 bits per heavy atom. The summed E-state index contributed by atoms with van der Waals surface area (Å²) in [5, 5.41) is 15.3. The number of sulfone groups is 2. The molecule has 1 aromatic heterocycles. The number of aromatic nitrogens is 3. The van der Waals surface area contributed by atoms with E-state index < -0.39 is 133 Å². The van der Waals surface area contributed by atoms with E-state index in [9.17, 15) is 81.7 Å². The van der Waals surface area contributed by atoms with Gasteiger partial charge in [-0.1, -0.05) is 6.07 Å². The molecule has 0 unspecified atom stereocenters. The van der Waals surface area contributed by atoms with Gasteiger partial charge in [-0.05, 0) is 90.3 Å². The monoisotopic (exact) mass is 1250 g/mol. The molecule has 0 radical (unpaired) electrons. The summed E-state index contributed by atoms with van der Waals surface area (Å²) in [6.45, 7) is -1.94. The van der Waals surface area contributed by atoms with E-state index in [2.05, 4.69) is 49.5 Å². The van der Waals surface area contributed by atoms with E-state index in [1.165, 1.54) is 24.3 Å². The Morgan fingerprint density at radius 1 is 0.455 bits per heavy atom. The standard InChI is InChI=1S/C35H33N9O21S7.5Na/c36-31-30(70(55,56)57)18-20-17-26(68(49,50)51)10-11-27(20)32(31)44-43-28-19-23(5-12-29(28)69(52,53)54)39-35-41-33(37-21-1-6-24(7-2-21)66(45,46)15-13-64-71(58,59)60)40-34(42-35)38-22-3-8-25(9-4-22)67(47,48)16-14-65-72(61,62)63;;;;;/h1-12,17-19H,13-16,36H2,(H,49,50,51)(H,52,53,54)(H,55,56,57)(H,58,59,60)(H,61,62,63)(H3,37,38,39,40,41,42);;;;;/q;5*+1/p-5. The molecule has 0 bridgehead atoms. The smallest absolute Gasteiger partial charge is 0.744 e. The van der Waals surface area contributed by atoms with Gasteiger partial charge < -0.3 is 44.4 Å².